The number of carbonyl (C=O) groups is 3. The lowest BCUT2D eigenvalue weighted by molar-refractivity contribution is -0.135. The summed E-state index contributed by atoms with van der Waals surface area (Å²) < 4.78 is 58.8. The molecule has 0 radical (unpaired) electrons. The van der Waals surface area contributed by atoms with Crippen LogP contribution >= 0.6 is 12.4 Å². The molecule has 0 aromatic heterocycles. The molecule has 11 heteroatoms. The van der Waals surface area contributed by atoms with Gasteiger partial charge in [-0.2, -0.15) is 8.78 Å². The van der Waals surface area contributed by atoms with Crippen LogP contribution < -0.4 is 15.8 Å². The molecule has 1 aliphatic rings. The number of benzene rings is 1. The van der Waals surface area contributed by atoms with Crippen LogP contribution in [0.5, 0.6) is 5.75 Å². The van der Waals surface area contributed by atoms with Gasteiger partial charge in [-0.25, -0.2) is 8.78 Å². The Balaban J connectivity index is 0.00000450. The van der Waals surface area contributed by atoms with E-state index in [9.17, 15) is 31.9 Å². The maximum Gasteiger partial charge on any atom is 0.223 e. The Hall–Kier alpha value is -2.36. The van der Waals surface area contributed by atoms with Crippen LogP contribution in [0.1, 0.15) is 32.6 Å². The number of nitrogens with one attached hydrogen (secondary N) is 1. The molecule has 168 valence electrons. The molecule has 2 amide bonds. The van der Waals surface area contributed by atoms with Crippen molar-refractivity contribution >= 4 is 30.0 Å². The largest absolute Gasteiger partial charge is 0.480 e. The van der Waals surface area contributed by atoms with Gasteiger partial charge in [0, 0.05) is 30.4 Å². The highest BCUT2D eigenvalue weighted by Gasteiger charge is 2.37. The Labute approximate surface area is 176 Å². The summed E-state index contributed by atoms with van der Waals surface area (Å²) in [5.41, 5.74) is 5.41. The predicted molar refractivity (Wildman–Crippen MR) is 101 cm³/mol. The van der Waals surface area contributed by atoms with Gasteiger partial charge >= 0.3 is 0 Å². The van der Waals surface area contributed by atoms with Crippen molar-refractivity contribution in [2.45, 2.75) is 32.6 Å². The number of ketones is 1. The summed E-state index contributed by atoms with van der Waals surface area (Å²) in [5, 5.41) is 2.62. The molecule has 1 aliphatic heterocycles. The van der Waals surface area contributed by atoms with Gasteiger partial charge in [0.1, 0.15) is 6.61 Å². The van der Waals surface area contributed by atoms with Gasteiger partial charge in [0.15, 0.2) is 23.2 Å². The van der Waals surface area contributed by atoms with Gasteiger partial charge in [-0.1, -0.05) is 13.3 Å². The van der Waals surface area contributed by atoms with Crippen LogP contribution in [0.15, 0.2) is 6.07 Å². The maximum absolute atomic E-state index is 13.7. The van der Waals surface area contributed by atoms with Crippen molar-refractivity contribution in [2.24, 2.45) is 23.5 Å². The molecule has 1 saturated heterocycles. The SMILES string of the molecule is CCCC(C(N)=O)[C@H](C[C@H]1CCNC1=O)C(=O)COc1c(F)c(F)cc(F)c1F.Cl. The van der Waals surface area contributed by atoms with Crippen LogP contribution in [0.4, 0.5) is 17.6 Å². The Kier molecular flexibility index (Phi) is 9.54. The van der Waals surface area contributed by atoms with Crippen LogP contribution in [-0.2, 0) is 14.4 Å². The fraction of sp³-hybridized carbons (Fsp3) is 0.526. The van der Waals surface area contributed by atoms with Crippen molar-refractivity contribution in [1.29, 1.82) is 0 Å². The van der Waals surface area contributed by atoms with Crippen molar-refractivity contribution in [1.82, 2.24) is 5.32 Å². The van der Waals surface area contributed by atoms with E-state index in [1.54, 1.807) is 6.92 Å². The number of Topliss-reactive ketones (excluding diaryl/α,β-unsaturated/α-hetero) is 1. The summed E-state index contributed by atoms with van der Waals surface area (Å²) in [6, 6.07) is 0.0191. The van der Waals surface area contributed by atoms with E-state index in [0.29, 0.717) is 19.4 Å². The van der Waals surface area contributed by atoms with Crippen LogP contribution in [-0.4, -0.2) is 30.7 Å². The summed E-state index contributed by atoms with van der Waals surface area (Å²) in [6.07, 6.45) is 1.24. The zero-order valence-corrected chi connectivity index (χ0v) is 17.0. The number of amides is 2. The maximum atomic E-state index is 13.7. The number of rotatable bonds is 10. The molecule has 0 aliphatic carbocycles. The third-order valence-corrected chi connectivity index (χ3v) is 5.00. The molecule has 30 heavy (non-hydrogen) atoms. The second kappa shape index (κ2) is 11.1. The first-order valence-corrected chi connectivity index (χ1v) is 9.22. The van der Waals surface area contributed by atoms with E-state index in [-0.39, 0.29) is 37.2 Å². The van der Waals surface area contributed by atoms with Gasteiger partial charge in [-0.15, -0.1) is 12.4 Å². The number of ether oxygens (including phenoxy) is 1. The predicted octanol–water partition coefficient (Wildman–Crippen LogP) is 2.66. The highest BCUT2D eigenvalue weighted by Crippen LogP contribution is 2.30. The van der Waals surface area contributed by atoms with Crippen molar-refractivity contribution in [3.63, 3.8) is 0 Å². The molecule has 3 atom stereocenters. The van der Waals surface area contributed by atoms with Crippen LogP contribution in [0.25, 0.3) is 0 Å². The second-order valence-corrected chi connectivity index (χ2v) is 6.97. The summed E-state index contributed by atoms with van der Waals surface area (Å²) in [4.78, 5) is 36.5. The molecular weight excluding hydrogens is 432 g/mol. The number of carbonyl (C=O) groups excluding carboxylic acids is 3. The molecule has 1 aromatic rings. The van der Waals surface area contributed by atoms with Gasteiger partial charge in [-0.05, 0) is 19.3 Å². The molecule has 0 saturated carbocycles. The van der Waals surface area contributed by atoms with Gasteiger partial charge in [-0.3, -0.25) is 14.4 Å². The van der Waals surface area contributed by atoms with E-state index in [1.807, 2.05) is 0 Å². The average molecular weight is 455 g/mol. The average Bonchev–Trinajstić information content (AvgIpc) is 3.07. The third-order valence-electron chi connectivity index (χ3n) is 5.00. The van der Waals surface area contributed by atoms with Gasteiger partial charge < -0.3 is 15.8 Å². The smallest absolute Gasteiger partial charge is 0.223 e. The van der Waals surface area contributed by atoms with E-state index in [2.05, 4.69) is 5.32 Å². The number of primary amides is 1. The molecule has 3 N–H and O–H groups in total. The zero-order chi connectivity index (χ0) is 21.7. The molecular formula is C19H23ClF4N2O4. The number of hydrogen-bond acceptors (Lipinski definition) is 4. The molecule has 2 rings (SSSR count). The first-order chi connectivity index (χ1) is 13.7. The Morgan fingerprint density at radius 2 is 1.80 bits per heavy atom. The van der Waals surface area contributed by atoms with E-state index < -0.39 is 65.1 Å². The summed E-state index contributed by atoms with van der Waals surface area (Å²) >= 11 is 0. The van der Waals surface area contributed by atoms with E-state index >= 15 is 0 Å². The minimum Gasteiger partial charge on any atom is -0.480 e. The lowest BCUT2D eigenvalue weighted by atomic mass is 9.78. The van der Waals surface area contributed by atoms with Gasteiger partial charge in [0.05, 0.1) is 0 Å². The molecule has 0 bridgehead atoms. The topological polar surface area (TPSA) is 98.5 Å². The Morgan fingerprint density at radius 1 is 1.20 bits per heavy atom. The summed E-state index contributed by atoms with van der Waals surface area (Å²) in [6.45, 7) is 1.26. The molecule has 1 aromatic carbocycles. The number of hydrogen-bond donors (Lipinski definition) is 2. The lowest BCUT2D eigenvalue weighted by Gasteiger charge is -2.25. The fourth-order valence-electron chi connectivity index (χ4n) is 3.48. The Bertz CT molecular complexity index is 783. The standard InChI is InChI=1S/C19H22F4N2O4.ClH/c1-2-3-10(18(24)27)11(6-9-4-5-25-19(9)28)14(26)8-29-17-15(22)12(20)7-13(21)16(17)23;/h7,9-11H,2-6,8H2,1H3,(H2,24,27)(H,25,28);1H/t9-,10?,11+;/m1./s1. The highest BCUT2D eigenvalue weighted by molar-refractivity contribution is 5.90. The summed E-state index contributed by atoms with van der Waals surface area (Å²) in [5.74, 6) is -12.5. The van der Waals surface area contributed by atoms with Gasteiger partial charge in [0.25, 0.3) is 0 Å². The lowest BCUT2D eigenvalue weighted by Crippen LogP contribution is -2.38. The van der Waals surface area contributed by atoms with Crippen molar-refractivity contribution in [3.8, 4) is 5.75 Å². The van der Waals surface area contributed by atoms with E-state index in [1.165, 1.54) is 0 Å². The van der Waals surface area contributed by atoms with Crippen molar-refractivity contribution in [2.75, 3.05) is 13.2 Å². The summed E-state index contributed by atoms with van der Waals surface area (Å²) in [7, 11) is 0. The monoisotopic (exact) mass is 454 g/mol. The Morgan fingerprint density at radius 3 is 2.27 bits per heavy atom. The van der Waals surface area contributed by atoms with Gasteiger partial charge in [0.2, 0.25) is 23.4 Å². The first kappa shape index (κ1) is 25.7. The van der Waals surface area contributed by atoms with E-state index in [4.69, 9.17) is 10.5 Å². The first-order valence-electron chi connectivity index (χ1n) is 9.22. The quantitative estimate of drug-likeness (QED) is 0.419. The second-order valence-electron chi connectivity index (χ2n) is 6.97. The van der Waals surface area contributed by atoms with Crippen LogP contribution in [0.2, 0.25) is 0 Å². The highest BCUT2D eigenvalue weighted by atomic mass is 35.5. The molecule has 1 unspecified atom stereocenters. The minimum atomic E-state index is -1.77. The molecule has 1 heterocycles. The molecule has 0 spiro atoms. The number of nitrogens with two attached hydrogens (primary N) is 1. The van der Waals surface area contributed by atoms with Crippen LogP contribution in [0, 0.1) is 41.0 Å². The zero-order valence-electron chi connectivity index (χ0n) is 16.2. The third kappa shape index (κ3) is 5.84. The van der Waals surface area contributed by atoms with E-state index in [0.717, 1.165) is 0 Å². The molecule has 6 nitrogen and oxygen atoms in total. The van der Waals surface area contributed by atoms with Crippen molar-refractivity contribution < 1.29 is 36.7 Å². The van der Waals surface area contributed by atoms with Crippen molar-refractivity contribution in [3.05, 3.63) is 29.3 Å². The molecule has 1 fully saturated rings. The normalized spacial score (nSPS) is 17.6. The minimum absolute atomic E-state index is 0. The number of halogens is 5. The van der Waals surface area contributed by atoms with Crippen LogP contribution in [0.3, 0.4) is 0 Å². The fourth-order valence-corrected chi connectivity index (χ4v) is 3.48.